The van der Waals surface area contributed by atoms with Crippen molar-refractivity contribution in [3.8, 4) is 11.8 Å². The Labute approximate surface area is 286 Å². The van der Waals surface area contributed by atoms with Crippen molar-refractivity contribution in [2.24, 2.45) is 0 Å². The number of alkyl halides is 2. The molecule has 258 valence electrons. The molecule has 3 heterocycles. The molecule has 1 aromatic heterocycles. The van der Waals surface area contributed by atoms with Crippen molar-refractivity contribution in [2.75, 3.05) is 37.0 Å². The third-order valence-electron chi connectivity index (χ3n) is 9.35. The van der Waals surface area contributed by atoms with Gasteiger partial charge in [-0.05, 0) is 75.4 Å². The summed E-state index contributed by atoms with van der Waals surface area (Å²) >= 11 is 0. The predicted molar refractivity (Wildman–Crippen MR) is 178 cm³/mol. The smallest absolute Gasteiger partial charge is 0.298 e. The molecule has 1 fully saturated rings. The number of ether oxygens (including phenoxy) is 1. The molecule has 1 saturated heterocycles. The molecule has 0 radical (unpaired) electrons. The summed E-state index contributed by atoms with van der Waals surface area (Å²) in [5.74, 6) is -5.11. The zero-order valence-corrected chi connectivity index (χ0v) is 27.7. The zero-order chi connectivity index (χ0) is 36.0. The van der Waals surface area contributed by atoms with Crippen molar-refractivity contribution in [3.63, 3.8) is 0 Å². The van der Waals surface area contributed by atoms with Crippen LogP contribution >= 0.6 is 0 Å². The molecule has 0 saturated carbocycles. The zero-order valence-electron chi connectivity index (χ0n) is 27.7. The van der Waals surface area contributed by atoms with Gasteiger partial charge in [-0.3, -0.25) is 24.0 Å². The highest BCUT2D eigenvalue weighted by Gasteiger charge is 2.52. The van der Waals surface area contributed by atoms with Crippen LogP contribution in [0.3, 0.4) is 0 Å². The van der Waals surface area contributed by atoms with Crippen LogP contribution in [0.4, 0.5) is 24.5 Å². The molecule has 3 amide bonds. The molecule has 6 rings (SSSR count). The number of methoxy groups -OCH3 is 1. The highest BCUT2D eigenvalue weighted by atomic mass is 19.3. The van der Waals surface area contributed by atoms with Crippen LogP contribution in [-0.4, -0.2) is 70.7 Å². The summed E-state index contributed by atoms with van der Waals surface area (Å²) in [4.78, 5) is 44.4. The molecule has 0 aliphatic carbocycles. The number of carbonyl (C=O) groups excluding carboxylic acids is 3. The van der Waals surface area contributed by atoms with Gasteiger partial charge in [-0.25, -0.2) is 4.39 Å². The standard InChI is InChI=1S/C36H34F3N7O4/c1-5-41-34(49)35(2,3)44-19-28-29(20-44)46-31(27(18-42-46)43-32(47)21-6-15-30(50-4)22(16-21)17-40)33(48)45(28)26-13-9-24(10-14-26)36(38,39)23-7-11-25(37)12-8-23/h6-16,18,28-29H,5,19-20H2,1-4H3,(H,41,49)(H,43,47)/t28-,29+/m0/s1. The van der Waals surface area contributed by atoms with Crippen molar-refractivity contribution in [3.05, 3.63) is 107 Å². The van der Waals surface area contributed by atoms with Crippen LogP contribution in [0, 0.1) is 17.1 Å². The van der Waals surface area contributed by atoms with E-state index >= 15 is 8.78 Å². The summed E-state index contributed by atoms with van der Waals surface area (Å²) in [5.41, 5.74) is -0.924. The van der Waals surface area contributed by atoms with Crippen LogP contribution in [0.25, 0.3) is 0 Å². The highest BCUT2D eigenvalue weighted by molar-refractivity contribution is 6.13. The minimum absolute atomic E-state index is 0.0620. The number of aromatic nitrogens is 2. The van der Waals surface area contributed by atoms with E-state index in [-0.39, 0.29) is 46.1 Å². The molecule has 2 atom stereocenters. The van der Waals surface area contributed by atoms with Gasteiger partial charge < -0.3 is 20.3 Å². The summed E-state index contributed by atoms with van der Waals surface area (Å²) in [7, 11) is 1.41. The van der Waals surface area contributed by atoms with E-state index in [1.807, 2.05) is 17.9 Å². The number of carbonyl (C=O) groups is 3. The first-order chi connectivity index (χ1) is 23.8. The van der Waals surface area contributed by atoms with Crippen LogP contribution < -0.4 is 20.3 Å². The van der Waals surface area contributed by atoms with Crippen molar-refractivity contribution in [1.29, 1.82) is 5.26 Å². The van der Waals surface area contributed by atoms with Crippen LogP contribution in [-0.2, 0) is 10.7 Å². The first-order valence-electron chi connectivity index (χ1n) is 15.9. The molecule has 2 aliphatic heterocycles. The van der Waals surface area contributed by atoms with Gasteiger partial charge in [0.05, 0.1) is 42.2 Å². The molecular weight excluding hydrogens is 651 g/mol. The van der Waals surface area contributed by atoms with E-state index in [4.69, 9.17) is 4.74 Å². The maximum absolute atomic E-state index is 15.4. The largest absolute Gasteiger partial charge is 0.495 e. The topological polar surface area (TPSA) is 133 Å². The maximum Gasteiger partial charge on any atom is 0.298 e. The lowest BCUT2D eigenvalue weighted by Crippen LogP contribution is -2.55. The summed E-state index contributed by atoms with van der Waals surface area (Å²) < 4.78 is 51.0. The second-order valence-electron chi connectivity index (χ2n) is 12.6. The van der Waals surface area contributed by atoms with Crippen LogP contribution in [0.2, 0.25) is 0 Å². The minimum Gasteiger partial charge on any atom is -0.495 e. The number of nitrogens with one attached hydrogen (secondary N) is 2. The van der Waals surface area contributed by atoms with E-state index in [1.165, 1.54) is 60.7 Å². The molecule has 11 nitrogen and oxygen atoms in total. The first-order valence-corrected chi connectivity index (χ1v) is 15.9. The second kappa shape index (κ2) is 13.0. The van der Waals surface area contributed by atoms with Gasteiger partial charge in [-0.15, -0.1) is 0 Å². The number of likely N-dealkylation sites (N-methyl/N-ethyl adjacent to an activating group) is 1. The van der Waals surface area contributed by atoms with Crippen molar-refractivity contribution in [1.82, 2.24) is 20.0 Å². The number of rotatable bonds is 9. The highest BCUT2D eigenvalue weighted by Crippen LogP contribution is 2.42. The molecule has 0 spiro atoms. The van der Waals surface area contributed by atoms with E-state index in [0.717, 1.165) is 24.3 Å². The van der Waals surface area contributed by atoms with Gasteiger partial charge in [0.2, 0.25) is 5.91 Å². The Morgan fingerprint density at radius 1 is 1.02 bits per heavy atom. The maximum atomic E-state index is 15.4. The minimum atomic E-state index is -3.44. The SMILES string of the molecule is CCNC(=O)C(C)(C)N1C[C@@H]2[C@H](C1)N(c1ccc(C(F)(F)c3ccc(F)cc3)cc1)C(=O)c1c(NC(=O)c3ccc(OC)c(C#N)c3)cnn12. The molecule has 0 unspecified atom stereocenters. The molecule has 50 heavy (non-hydrogen) atoms. The number of amides is 3. The van der Waals surface area contributed by atoms with Crippen molar-refractivity contribution >= 4 is 29.1 Å². The number of anilines is 2. The Kier molecular flexibility index (Phi) is 8.87. The number of likely N-dealkylation sites (tertiary alicyclic amines) is 1. The molecular formula is C36H34F3N7O4. The number of halogens is 3. The summed E-state index contributed by atoms with van der Waals surface area (Å²) in [6.45, 7) is 6.39. The quantitative estimate of drug-likeness (QED) is 0.251. The lowest BCUT2D eigenvalue weighted by molar-refractivity contribution is -0.131. The second-order valence-corrected chi connectivity index (χ2v) is 12.6. The van der Waals surface area contributed by atoms with E-state index in [1.54, 1.807) is 18.5 Å². The fourth-order valence-corrected chi connectivity index (χ4v) is 6.52. The van der Waals surface area contributed by atoms with E-state index in [2.05, 4.69) is 15.7 Å². The fraction of sp³-hybridized carbons (Fsp3) is 0.306. The summed E-state index contributed by atoms with van der Waals surface area (Å²) in [5, 5.41) is 19.6. The Morgan fingerprint density at radius 3 is 2.28 bits per heavy atom. The first kappa shape index (κ1) is 34.2. The average Bonchev–Trinajstić information content (AvgIpc) is 3.74. The number of nitrogens with zero attached hydrogens (tertiary/aromatic N) is 5. The molecule has 3 aromatic carbocycles. The number of fused-ring (bicyclic) bond motifs is 3. The Morgan fingerprint density at radius 2 is 1.66 bits per heavy atom. The van der Waals surface area contributed by atoms with Gasteiger partial charge in [0.15, 0.2) is 5.69 Å². The van der Waals surface area contributed by atoms with Gasteiger partial charge in [0, 0.05) is 42.0 Å². The number of hydrogen-bond donors (Lipinski definition) is 2. The van der Waals surface area contributed by atoms with Crippen molar-refractivity contribution < 1.29 is 32.3 Å². The molecule has 14 heteroatoms. The van der Waals surface area contributed by atoms with Gasteiger partial charge >= 0.3 is 0 Å². The van der Waals surface area contributed by atoms with E-state index in [9.17, 15) is 24.0 Å². The molecule has 2 aliphatic rings. The fourth-order valence-electron chi connectivity index (χ4n) is 6.52. The average molecular weight is 686 g/mol. The molecule has 0 bridgehead atoms. The molecule has 4 aromatic rings. The summed E-state index contributed by atoms with van der Waals surface area (Å²) in [6.07, 6.45) is 1.37. The number of benzene rings is 3. The third-order valence-corrected chi connectivity index (χ3v) is 9.35. The third kappa shape index (κ3) is 5.83. The number of nitriles is 1. The van der Waals surface area contributed by atoms with Crippen molar-refractivity contribution in [2.45, 2.75) is 44.3 Å². The monoisotopic (exact) mass is 685 g/mol. The van der Waals surface area contributed by atoms with Gasteiger partial charge in [-0.2, -0.15) is 19.1 Å². The number of hydrogen-bond acceptors (Lipinski definition) is 7. The van der Waals surface area contributed by atoms with Crippen LogP contribution in [0.5, 0.6) is 5.75 Å². The van der Waals surface area contributed by atoms with Crippen LogP contribution in [0.15, 0.2) is 72.9 Å². The van der Waals surface area contributed by atoms with Gasteiger partial charge in [-0.1, -0.05) is 12.1 Å². The summed E-state index contributed by atoms with van der Waals surface area (Å²) in [6, 6.07) is 14.6. The van der Waals surface area contributed by atoms with E-state index in [0.29, 0.717) is 24.5 Å². The van der Waals surface area contributed by atoms with Crippen LogP contribution in [0.1, 0.15) is 64.3 Å². The van der Waals surface area contributed by atoms with Gasteiger partial charge in [0.25, 0.3) is 17.7 Å². The van der Waals surface area contributed by atoms with E-state index < -0.39 is 41.2 Å². The van der Waals surface area contributed by atoms with Gasteiger partial charge in [0.1, 0.15) is 17.6 Å². The Hall–Kier alpha value is -5.68. The lowest BCUT2D eigenvalue weighted by Gasteiger charge is -2.38. The Bertz CT molecular complexity index is 2010. The predicted octanol–water partition coefficient (Wildman–Crippen LogP) is 5.10. The lowest BCUT2D eigenvalue weighted by atomic mass is 9.99. The molecule has 2 N–H and O–H groups in total. The normalized spacial score (nSPS) is 17.5. The Balaban J connectivity index is 1.38.